The first-order valence-electron chi connectivity index (χ1n) is 13.6. The van der Waals surface area contributed by atoms with E-state index in [4.69, 9.17) is 4.74 Å². The molecule has 2 aromatic carbocycles. The van der Waals surface area contributed by atoms with Crippen molar-refractivity contribution in [3.05, 3.63) is 65.7 Å². The molecule has 186 valence electrons. The number of hydrogen-bond acceptors (Lipinski definition) is 5. The Balaban J connectivity index is 1.43. The summed E-state index contributed by atoms with van der Waals surface area (Å²) in [5.74, 6) is 2.32. The van der Waals surface area contributed by atoms with Crippen LogP contribution in [0.15, 0.2) is 54.6 Å². The van der Waals surface area contributed by atoms with Crippen LogP contribution in [0.4, 0.5) is 5.69 Å². The molecule has 0 amide bonds. The predicted molar refractivity (Wildman–Crippen MR) is 141 cm³/mol. The number of para-hydroxylation sites is 1. The summed E-state index contributed by atoms with van der Waals surface area (Å²) in [4.78, 5) is 17.2. The minimum atomic E-state index is -1.39. The predicted octanol–water partition coefficient (Wildman–Crippen LogP) is 5.88. The number of ether oxygens (including phenoxy) is 1. The van der Waals surface area contributed by atoms with Gasteiger partial charge in [0.25, 0.3) is 0 Å². The second kappa shape index (κ2) is 7.96. The monoisotopic (exact) mass is 489 g/mol. The van der Waals surface area contributed by atoms with Crippen molar-refractivity contribution in [1.82, 2.24) is 0 Å². The second-order valence-corrected chi connectivity index (χ2v) is 12.1. The molecule has 3 atom stereocenters. The molecule has 0 spiro atoms. The summed E-state index contributed by atoms with van der Waals surface area (Å²) in [6.07, 6.45) is 10.7. The van der Waals surface area contributed by atoms with Crippen molar-refractivity contribution in [2.75, 3.05) is 12.0 Å². The number of rotatable bonds is 4. The molecule has 6 aliphatic rings. The summed E-state index contributed by atoms with van der Waals surface area (Å²) < 4.78 is 5.40. The first kappa shape index (κ1) is 22.6. The molecule has 5 nitrogen and oxygen atoms in total. The van der Waals surface area contributed by atoms with Crippen LogP contribution in [0.2, 0.25) is 0 Å². The third-order valence-electron chi connectivity index (χ3n) is 10.2. The molecular formula is C32H31N3O2. The molecule has 0 unspecified atom stereocenters. The lowest BCUT2D eigenvalue weighted by molar-refractivity contribution is -0.145. The zero-order valence-electron chi connectivity index (χ0n) is 21.1. The Kier molecular flexibility index (Phi) is 4.87. The molecule has 0 aromatic heterocycles. The van der Waals surface area contributed by atoms with Gasteiger partial charge >= 0.3 is 0 Å². The van der Waals surface area contributed by atoms with E-state index in [2.05, 4.69) is 23.1 Å². The molecular weight excluding hydrogens is 458 g/mol. The van der Waals surface area contributed by atoms with Crippen molar-refractivity contribution < 1.29 is 9.53 Å². The Morgan fingerprint density at radius 1 is 0.946 bits per heavy atom. The summed E-state index contributed by atoms with van der Waals surface area (Å²) in [6, 6.07) is 19.6. The summed E-state index contributed by atoms with van der Waals surface area (Å²) in [6.45, 7) is 0. The van der Waals surface area contributed by atoms with Gasteiger partial charge in [-0.05, 0) is 85.6 Å². The molecule has 2 aliphatic heterocycles. The summed E-state index contributed by atoms with van der Waals surface area (Å²) in [5, 5.41) is 21.4. The molecule has 0 N–H and O–H groups in total. The van der Waals surface area contributed by atoms with Crippen LogP contribution in [0.1, 0.15) is 55.6 Å². The third kappa shape index (κ3) is 3.04. The van der Waals surface area contributed by atoms with Crippen molar-refractivity contribution >= 4 is 17.5 Å². The minimum absolute atomic E-state index is 0.259. The van der Waals surface area contributed by atoms with E-state index >= 15 is 4.79 Å². The van der Waals surface area contributed by atoms with E-state index in [-0.39, 0.29) is 11.2 Å². The van der Waals surface area contributed by atoms with Crippen molar-refractivity contribution in [3.8, 4) is 17.9 Å². The van der Waals surface area contributed by atoms with Gasteiger partial charge in [0.2, 0.25) is 0 Å². The Morgan fingerprint density at radius 3 is 2.16 bits per heavy atom. The number of carbonyl (C=O) groups excluding carboxylic acids is 1. The average Bonchev–Trinajstić information content (AvgIpc) is 3.23. The van der Waals surface area contributed by atoms with E-state index in [1.54, 1.807) is 7.11 Å². The van der Waals surface area contributed by atoms with Gasteiger partial charge < -0.3 is 9.64 Å². The average molecular weight is 490 g/mol. The van der Waals surface area contributed by atoms with Gasteiger partial charge in [-0.2, -0.15) is 10.5 Å². The maximum Gasteiger partial charge on any atom is 0.176 e. The highest BCUT2D eigenvalue weighted by Crippen LogP contribution is 2.63. The van der Waals surface area contributed by atoms with Gasteiger partial charge in [-0.15, -0.1) is 0 Å². The highest BCUT2D eigenvalue weighted by Gasteiger charge is 2.66. The molecule has 4 saturated carbocycles. The molecule has 4 aliphatic carbocycles. The zero-order valence-corrected chi connectivity index (χ0v) is 21.1. The number of carbonyl (C=O) groups is 1. The second-order valence-electron chi connectivity index (χ2n) is 12.1. The topological polar surface area (TPSA) is 77.1 Å². The lowest BCUT2D eigenvalue weighted by Gasteiger charge is -2.57. The van der Waals surface area contributed by atoms with Crippen molar-refractivity contribution in [1.29, 1.82) is 10.5 Å². The number of benzene rings is 2. The number of fused-ring (bicyclic) bond motifs is 3. The number of hydrogen-bond donors (Lipinski definition) is 0. The summed E-state index contributed by atoms with van der Waals surface area (Å²) in [5.41, 5.74) is 1.10. The number of methoxy groups -OCH3 is 1. The van der Waals surface area contributed by atoms with Crippen LogP contribution in [0.25, 0.3) is 6.08 Å². The quantitative estimate of drug-likeness (QED) is 0.536. The Morgan fingerprint density at radius 2 is 1.57 bits per heavy atom. The van der Waals surface area contributed by atoms with Gasteiger partial charge in [-0.3, -0.25) is 4.79 Å². The zero-order chi connectivity index (χ0) is 25.4. The molecule has 37 heavy (non-hydrogen) atoms. The fourth-order valence-electron chi connectivity index (χ4n) is 9.15. The smallest absolute Gasteiger partial charge is 0.176 e. The molecule has 2 aromatic rings. The van der Waals surface area contributed by atoms with Crippen LogP contribution < -0.4 is 9.64 Å². The van der Waals surface area contributed by atoms with E-state index in [9.17, 15) is 10.5 Å². The van der Waals surface area contributed by atoms with Gasteiger partial charge in [0.05, 0.1) is 31.3 Å². The first-order chi connectivity index (χ1) is 18.0. The van der Waals surface area contributed by atoms with E-state index in [1.807, 2.05) is 54.6 Å². The van der Waals surface area contributed by atoms with Crippen molar-refractivity contribution in [3.63, 3.8) is 0 Å². The molecule has 2 heterocycles. The van der Waals surface area contributed by atoms with Gasteiger partial charge in [0, 0.05) is 17.0 Å². The van der Waals surface area contributed by atoms with Crippen LogP contribution in [0, 0.1) is 51.2 Å². The lowest BCUT2D eigenvalue weighted by atomic mass is 9.47. The normalized spacial score (nSPS) is 35.8. The molecule has 8 rings (SSSR count). The lowest BCUT2D eigenvalue weighted by Crippen LogP contribution is -2.56. The highest BCUT2D eigenvalue weighted by atomic mass is 16.5. The molecule has 5 heteroatoms. The van der Waals surface area contributed by atoms with Crippen molar-refractivity contribution in [2.24, 2.45) is 28.6 Å². The summed E-state index contributed by atoms with van der Waals surface area (Å²) in [7, 11) is 1.63. The van der Waals surface area contributed by atoms with Crippen molar-refractivity contribution in [2.45, 2.75) is 56.5 Å². The highest BCUT2D eigenvalue weighted by molar-refractivity contribution is 5.97. The molecule has 0 radical (unpaired) electrons. The molecule has 1 saturated heterocycles. The van der Waals surface area contributed by atoms with Gasteiger partial charge in [0.1, 0.15) is 5.75 Å². The van der Waals surface area contributed by atoms with E-state index in [1.165, 1.54) is 19.3 Å². The van der Waals surface area contributed by atoms with Crippen LogP contribution in [-0.4, -0.2) is 25.0 Å². The standard InChI is InChI=1S/C32H31N3O2/c1-37-25-9-6-24(7-10-25)28-29(30(36)31-15-20-12-21(16-31)14-22(13-20)17-31)35-26-5-3-2-4-23(26)8-11-27(35)32(28,18-33)19-34/h2-11,20-22,27-29H,12-17H2,1H3/t20?,21?,22?,27-,28+,29-,31?/m0/s1. The number of nitrogens with zero attached hydrogens (tertiary/aromatic N) is 3. The van der Waals surface area contributed by atoms with Crippen LogP contribution in [0.3, 0.4) is 0 Å². The van der Waals surface area contributed by atoms with Crippen LogP contribution in [-0.2, 0) is 4.79 Å². The maximum absolute atomic E-state index is 15.1. The number of ketones is 1. The molecule has 4 bridgehead atoms. The van der Waals surface area contributed by atoms with Gasteiger partial charge in [-0.25, -0.2) is 0 Å². The third-order valence-corrected chi connectivity index (χ3v) is 10.2. The van der Waals surface area contributed by atoms with Gasteiger partial charge in [-0.1, -0.05) is 42.5 Å². The Hall–Kier alpha value is -3.57. The number of Topliss-reactive ketones (excluding diaryl/α,β-unsaturated/α-hetero) is 1. The first-order valence-corrected chi connectivity index (χ1v) is 13.6. The van der Waals surface area contributed by atoms with Crippen LogP contribution >= 0.6 is 0 Å². The largest absolute Gasteiger partial charge is 0.497 e. The fraction of sp³-hybridized carbons (Fsp3) is 0.469. The SMILES string of the molecule is COc1ccc([C@@H]2[C@@H](C(=O)C34CC5CC(CC(C5)C3)C4)N3c4ccccc4C=C[C@H]3C2(C#N)C#N)cc1. The van der Waals surface area contributed by atoms with E-state index in [0.29, 0.717) is 23.5 Å². The fourth-order valence-corrected chi connectivity index (χ4v) is 9.15. The summed E-state index contributed by atoms with van der Waals surface area (Å²) >= 11 is 0. The number of anilines is 1. The number of nitriles is 2. The minimum Gasteiger partial charge on any atom is -0.497 e. The Labute approximate surface area is 218 Å². The van der Waals surface area contributed by atoms with E-state index in [0.717, 1.165) is 36.1 Å². The van der Waals surface area contributed by atoms with Gasteiger partial charge in [0.15, 0.2) is 11.2 Å². The maximum atomic E-state index is 15.1. The van der Waals surface area contributed by atoms with Crippen LogP contribution in [0.5, 0.6) is 5.75 Å². The van der Waals surface area contributed by atoms with E-state index < -0.39 is 23.4 Å². The molecule has 5 fully saturated rings. The Bertz CT molecular complexity index is 1330.